The third-order valence-corrected chi connectivity index (χ3v) is 5.38. The molecular weight excluding hydrogens is 330 g/mol. The molecule has 0 saturated carbocycles. The van der Waals surface area contributed by atoms with Gasteiger partial charge in [0.1, 0.15) is 18.1 Å². The number of aryl methyl sites for hydroxylation is 2. The minimum Gasteiger partial charge on any atom is -0.361 e. The molecule has 26 heavy (non-hydrogen) atoms. The van der Waals surface area contributed by atoms with Gasteiger partial charge in [0.25, 0.3) is 0 Å². The number of nitrogens with zero attached hydrogens (tertiary/aromatic N) is 7. The SMILES string of the molecule is Cc1noc(C)c1CN1CCC(c2nnc(Cn3cccn3)n2C)CC1. The number of piperidine rings is 1. The molecule has 4 heterocycles. The molecule has 3 aromatic rings. The fourth-order valence-electron chi connectivity index (χ4n) is 3.71. The lowest BCUT2D eigenvalue weighted by Crippen LogP contribution is -2.33. The molecule has 0 aromatic carbocycles. The highest BCUT2D eigenvalue weighted by atomic mass is 16.5. The van der Waals surface area contributed by atoms with Gasteiger partial charge in [0, 0.05) is 37.5 Å². The first-order valence-electron chi connectivity index (χ1n) is 9.11. The Labute approximate surface area is 152 Å². The van der Waals surface area contributed by atoms with Crippen LogP contribution in [0.2, 0.25) is 0 Å². The summed E-state index contributed by atoms with van der Waals surface area (Å²) in [6.07, 6.45) is 5.92. The van der Waals surface area contributed by atoms with Gasteiger partial charge in [-0.2, -0.15) is 5.10 Å². The van der Waals surface area contributed by atoms with Crippen LogP contribution in [0.4, 0.5) is 0 Å². The fourth-order valence-corrected chi connectivity index (χ4v) is 3.71. The summed E-state index contributed by atoms with van der Waals surface area (Å²) in [5, 5.41) is 17.2. The minimum atomic E-state index is 0.458. The lowest BCUT2D eigenvalue weighted by atomic mass is 9.95. The van der Waals surface area contributed by atoms with Crippen LogP contribution in [0.25, 0.3) is 0 Å². The van der Waals surface area contributed by atoms with E-state index in [0.717, 1.165) is 55.6 Å². The molecular formula is C18H25N7O. The number of rotatable bonds is 5. The van der Waals surface area contributed by atoms with Crippen molar-refractivity contribution >= 4 is 0 Å². The van der Waals surface area contributed by atoms with Crippen molar-refractivity contribution in [3.63, 3.8) is 0 Å². The van der Waals surface area contributed by atoms with Crippen LogP contribution >= 0.6 is 0 Å². The van der Waals surface area contributed by atoms with E-state index in [0.29, 0.717) is 12.5 Å². The summed E-state index contributed by atoms with van der Waals surface area (Å²) in [5.74, 6) is 3.42. The summed E-state index contributed by atoms with van der Waals surface area (Å²) in [7, 11) is 2.06. The van der Waals surface area contributed by atoms with E-state index >= 15 is 0 Å². The maximum atomic E-state index is 5.28. The van der Waals surface area contributed by atoms with Crippen molar-refractivity contribution in [1.29, 1.82) is 0 Å². The van der Waals surface area contributed by atoms with Crippen LogP contribution in [0, 0.1) is 13.8 Å². The molecule has 4 rings (SSSR count). The van der Waals surface area contributed by atoms with Gasteiger partial charge < -0.3 is 9.09 Å². The molecule has 0 atom stereocenters. The van der Waals surface area contributed by atoms with E-state index in [1.807, 2.05) is 30.8 Å². The Bertz CT molecular complexity index is 837. The van der Waals surface area contributed by atoms with Crippen LogP contribution in [0.3, 0.4) is 0 Å². The number of hydrogen-bond acceptors (Lipinski definition) is 6. The fraction of sp³-hybridized carbons (Fsp3) is 0.556. The lowest BCUT2D eigenvalue weighted by Gasteiger charge is -2.31. The molecule has 1 aliphatic heterocycles. The van der Waals surface area contributed by atoms with Crippen molar-refractivity contribution in [2.24, 2.45) is 7.05 Å². The quantitative estimate of drug-likeness (QED) is 0.697. The molecule has 0 aliphatic carbocycles. The molecule has 0 bridgehead atoms. The lowest BCUT2D eigenvalue weighted by molar-refractivity contribution is 0.199. The van der Waals surface area contributed by atoms with Gasteiger partial charge in [-0.3, -0.25) is 9.58 Å². The Morgan fingerprint density at radius 1 is 1.15 bits per heavy atom. The van der Waals surface area contributed by atoms with E-state index in [9.17, 15) is 0 Å². The Kier molecular flexibility index (Phi) is 4.58. The molecule has 1 saturated heterocycles. The average molecular weight is 355 g/mol. The van der Waals surface area contributed by atoms with Crippen LogP contribution in [0.5, 0.6) is 0 Å². The van der Waals surface area contributed by atoms with Gasteiger partial charge >= 0.3 is 0 Å². The van der Waals surface area contributed by atoms with Crippen molar-refractivity contribution in [3.05, 3.63) is 47.1 Å². The third kappa shape index (κ3) is 3.29. The standard InChI is InChI=1S/C18H25N7O/c1-13-16(14(2)26-22-13)11-24-9-5-15(6-10-24)18-21-20-17(23(18)3)12-25-8-4-7-19-25/h4,7-8,15H,5-6,9-12H2,1-3H3. The van der Waals surface area contributed by atoms with E-state index < -0.39 is 0 Å². The van der Waals surface area contributed by atoms with Gasteiger partial charge in [0.05, 0.1) is 5.69 Å². The van der Waals surface area contributed by atoms with Crippen molar-refractivity contribution < 1.29 is 4.52 Å². The second kappa shape index (κ2) is 7.03. The Balaban J connectivity index is 1.38. The molecule has 0 radical (unpaired) electrons. The number of aromatic nitrogens is 6. The Morgan fingerprint density at radius 2 is 1.96 bits per heavy atom. The van der Waals surface area contributed by atoms with Crippen molar-refractivity contribution in [1.82, 2.24) is 34.6 Å². The van der Waals surface area contributed by atoms with Crippen molar-refractivity contribution in [2.45, 2.75) is 45.7 Å². The molecule has 8 heteroatoms. The van der Waals surface area contributed by atoms with Crippen LogP contribution in [0.1, 0.15) is 47.4 Å². The van der Waals surface area contributed by atoms with Crippen LogP contribution in [0.15, 0.2) is 23.0 Å². The highest BCUT2D eigenvalue weighted by molar-refractivity contribution is 5.20. The van der Waals surface area contributed by atoms with Gasteiger partial charge in [0.15, 0.2) is 5.82 Å². The maximum absolute atomic E-state index is 5.28. The highest BCUT2D eigenvalue weighted by Crippen LogP contribution is 2.28. The van der Waals surface area contributed by atoms with Gasteiger partial charge in [-0.15, -0.1) is 10.2 Å². The molecule has 0 spiro atoms. The molecule has 8 nitrogen and oxygen atoms in total. The topological polar surface area (TPSA) is 77.8 Å². The van der Waals surface area contributed by atoms with Gasteiger partial charge in [-0.25, -0.2) is 0 Å². The second-order valence-corrected chi connectivity index (χ2v) is 7.09. The van der Waals surface area contributed by atoms with Gasteiger partial charge in [-0.1, -0.05) is 5.16 Å². The monoisotopic (exact) mass is 355 g/mol. The predicted octanol–water partition coefficient (Wildman–Crippen LogP) is 2.04. The van der Waals surface area contributed by atoms with Crippen LogP contribution < -0.4 is 0 Å². The zero-order valence-electron chi connectivity index (χ0n) is 15.6. The molecule has 0 N–H and O–H groups in total. The highest BCUT2D eigenvalue weighted by Gasteiger charge is 2.26. The largest absolute Gasteiger partial charge is 0.361 e. The predicted molar refractivity (Wildman–Crippen MR) is 95.6 cm³/mol. The smallest absolute Gasteiger partial charge is 0.154 e. The van der Waals surface area contributed by atoms with E-state index in [2.05, 4.69) is 37.0 Å². The van der Waals surface area contributed by atoms with E-state index in [-0.39, 0.29) is 0 Å². The van der Waals surface area contributed by atoms with Crippen LogP contribution in [-0.2, 0) is 20.1 Å². The summed E-state index contributed by atoms with van der Waals surface area (Å²) in [6.45, 7) is 7.67. The van der Waals surface area contributed by atoms with E-state index in [4.69, 9.17) is 4.52 Å². The molecule has 3 aromatic heterocycles. The summed E-state index contributed by atoms with van der Waals surface area (Å²) >= 11 is 0. The summed E-state index contributed by atoms with van der Waals surface area (Å²) in [4.78, 5) is 2.48. The normalized spacial score (nSPS) is 16.4. The van der Waals surface area contributed by atoms with E-state index in [1.165, 1.54) is 5.56 Å². The molecule has 0 amide bonds. The van der Waals surface area contributed by atoms with Gasteiger partial charge in [0.2, 0.25) is 0 Å². The zero-order chi connectivity index (χ0) is 18.1. The third-order valence-electron chi connectivity index (χ3n) is 5.38. The van der Waals surface area contributed by atoms with E-state index in [1.54, 1.807) is 6.20 Å². The maximum Gasteiger partial charge on any atom is 0.154 e. The summed E-state index contributed by atoms with van der Waals surface area (Å²) < 4.78 is 9.29. The molecule has 1 fully saturated rings. The molecule has 1 aliphatic rings. The van der Waals surface area contributed by atoms with Crippen molar-refractivity contribution in [3.8, 4) is 0 Å². The number of likely N-dealkylation sites (tertiary alicyclic amines) is 1. The summed E-state index contributed by atoms with van der Waals surface area (Å²) in [5.41, 5.74) is 2.23. The van der Waals surface area contributed by atoms with Gasteiger partial charge in [-0.05, 0) is 45.8 Å². The second-order valence-electron chi connectivity index (χ2n) is 7.09. The first kappa shape index (κ1) is 17.0. The number of hydrogen-bond donors (Lipinski definition) is 0. The van der Waals surface area contributed by atoms with Crippen molar-refractivity contribution in [2.75, 3.05) is 13.1 Å². The Morgan fingerprint density at radius 3 is 2.62 bits per heavy atom. The molecule has 0 unspecified atom stereocenters. The minimum absolute atomic E-state index is 0.458. The molecule has 138 valence electrons. The average Bonchev–Trinajstić information content (AvgIpc) is 3.35. The van der Waals surface area contributed by atoms with Crippen LogP contribution in [-0.4, -0.2) is 47.7 Å². The first-order valence-corrected chi connectivity index (χ1v) is 9.11. The first-order chi connectivity index (χ1) is 12.6. The summed E-state index contributed by atoms with van der Waals surface area (Å²) in [6, 6.07) is 1.92. The Hall–Kier alpha value is -2.48. The zero-order valence-corrected chi connectivity index (χ0v) is 15.6.